The summed E-state index contributed by atoms with van der Waals surface area (Å²) in [5, 5.41) is 110. The number of ether oxygens (including phenoxy) is 5. The molecule has 0 spiro atoms. The van der Waals surface area contributed by atoms with Crippen molar-refractivity contribution in [1.29, 1.82) is 0 Å². The SMILES string of the molecule is C[C@H]1C([C@H](O)[C@H](O)CO)O[C-](O[C@@H]2C(O)[C@H](O[C@@H]3C(CO)O[C@@H](O)C(O)[C@H]3O)OC(CO)[C@@H]2O)C[C@H]1O.O=C=O.[Na+]. The molecule has 0 aromatic heterocycles. The van der Waals surface area contributed by atoms with E-state index in [4.69, 9.17) is 38.4 Å². The molecule has 0 radical (unpaired) electrons. The Hall–Kier alpha value is -0.260. The zero-order valence-electron chi connectivity index (χ0n) is 22.3. The Labute approximate surface area is 255 Å². The molecule has 0 aromatic rings. The molecular weight excluding hydrogens is 575 g/mol. The molecule has 0 aromatic carbocycles. The molecule has 3 rings (SSSR count). The fourth-order valence-electron chi connectivity index (χ4n) is 4.51. The van der Waals surface area contributed by atoms with E-state index in [1.54, 1.807) is 0 Å². The van der Waals surface area contributed by atoms with E-state index in [1.807, 2.05) is 0 Å². The fraction of sp³-hybridized carbons (Fsp3) is 0.909. The number of hydrogen-bond donors (Lipinski definition) is 11. The summed E-state index contributed by atoms with van der Waals surface area (Å²) in [4.78, 5) is 16.2. The van der Waals surface area contributed by atoms with E-state index < -0.39 is 112 Å². The Morgan fingerprint density at radius 1 is 0.878 bits per heavy atom. The van der Waals surface area contributed by atoms with Crippen molar-refractivity contribution in [1.82, 2.24) is 0 Å². The number of rotatable bonds is 9. The van der Waals surface area contributed by atoms with Gasteiger partial charge in [0.15, 0.2) is 12.6 Å². The molecule has 3 heterocycles. The minimum atomic E-state index is -1.84. The van der Waals surface area contributed by atoms with Crippen LogP contribution in [0.1, 0.15) is 13.3 Å². The second kappa shape index (κ2) is 17.9. The molecule has 3 aliphatic heterocycles. The van der Waals surface area contributed by atoms with Crippen LogP contribution in [0.2, 0.25) is 0 Å². The summed E-state index contributed by atoms with van der Waals surface area (Å²) in [7, 11) is 0. The van der Waals surface area contributed by atoms with Crippen LogP contribution in [0, 0.1) is 12.2 Å². The quantitative estimate of drug-likeness (QED) is 0.0850. The van der Waals surface area contributed by atoms with Crippen LogP contribution in [0.3, 0.4) is 0 Å². The van der Waals surface area contributed by atoms with Gasteiger partial charge in [-0.2, -0.15) is 9.59 Å². The molecule has 0 saturated carbocycles. The van der Waals surface area contributed by atoms with Gasteiger partial charge in [0, 0.05) is 12.0 Å². The van der Waals surface area contributed by atoms with Crippen LogP contribution in [0.5, 0.6) is 0 Å². The molecule has 234 valence electrons. The molecule has 0 amide bonds. The third-order valence-corrected chi connectivity index (χ3v) is 6.91. The zero-order chi connectivity index (χ0) is 30.3. The molecule has 3 aliphatic rings. The van der Waals surface area contributed by atoms with Crippen LogP contribution >= 0.6 is 0 Å². The van der Waals surface area contributed by atoms with E-state index in [1.165, 1.54) is 6.92 Å². The summed E-state index contributed by atoms with van der Waals surface area (Å²) in [6.07, 6.45) is -22.5. The van der Waals surface area contributed by atoms with E-state index in [0.717, 1.165) is 0 Å². The molecule has 11 N–H and O–H groups in total. The van der Waals surface area contributed by atoms with Crippen LogP contribution in [-0.2, 0) is 33.3 Å². The molecular formula is C22H37NaO18. The van der Waals surface area contributed by atoms with Crippen molar-refractivity contribution in [2.45, 2.75) is 99.2 Å². The average Bonchev–Trinajstić information content (AvgIpc) is 2.93. The normalized spacial score (nSPS) is 43.1. The van der Waals surface area contributed by atoms with Crippen LogP contribution in [0.25, 0.3) is 0 Å². The third kappa shape index (κ3) is 9.37. The monoisotopic (exact) mass is 612 g/mol. The van der Waals surface area contributed by atoms with Crippen molar-refractivity contribution >= 4 is 6.15 Å². The van der Waals surface area contributed by atoms with Crippen molar-refractivity contribution < 1.29 is 119 Å². The van der Waals surface area contributed by atoms with Gasteiger partial charge in [0.25, 0.3) is 0 Å². The number of hydrogen-bond acceptors (Lipinski definition) is 18. The van der Waals surface area contributed by atoms with Crippen LogP contribution in [0.4, 0.5) is 0 Å². The van der Waals surface area contributed by atoms with E-state index in [-0.39, 0.29) is 48.4 Å². The van der Waals surface area contributed by atoms with Gasteiger partial charge in [-0.15, -0.1) is 6.42 Å². The molecule has 41 heavy (non-hydrogen) atoms. The predicted molar refractivity (Wildman–Crippen MR) is 119 cm³/mol. The van der Waals surface area contributed by atoms with E-state index in [9.17, 15) is 51.1 Å². The maximum Gasteiger partial charge on any atom is 1.00 e. The van der Waals surface area contributed by atoms with Crippen LogP contribution in [0.15, 0.2) is 0 Å². The Bertz CT molecular complexity index is 788. The molecule has 15 atom stereocenters. The smallest absolute Gasteiger partial charge is 0.517 e. The Balaban J connectivity index is 0.00000201. The summed E-state index contributed by atoms with van der Waals surface area (Å²) in [5.41, 5.74) is 0. The molecule has 18 nitrogen and oxygen atoms in total. The van der Waals surface area contributed by atoms with Crippen molar-refractivity contribution in [3.63, 3.8) is 0 Å². The minimum absolute atomic E-state index is 0. The summed E-state index contributed by atoms with van der Waals surface area (Å²) in [6, 6.07) is 0. The Kier molecular flexibility index (Phi) is 16.9. The van der Waals surface area contributed by atoms with Gasteiger partial charge in [-0.05, 0) is 0 Å². The standard InChI is InChI=1S/C21H37O16.CO2.Na/c1-6-7(25)2-11(35-17(6)12(27)8(26)3-22)36-19-13(28)9(4-23)34-21(16(19)31)37-18-10(5-24)33-20(32)15(30)14(18)29;2-1-3;/h6-10,12-32H,2-5H2,1H3;;/q-1;;+1/t6-,7-,8-,9?,10?,12-,13+,14-,15?,16?,17?,18-,19+,20-,21+;;/m1../s1. The van der Waals surface area contributed by atoms with Gasteiger partial charge in [0.1, 0.15) is 54.9 Å². The van der Waals surface area contributed by atoms with Crippen molar-refractivity contribution in [2.75, 3.05) is 19.8 Å². The molecule has 3 fully saturated rings. The summed E-state index contributed by atoms with van der Waals surface area (Å²) < 4.78 is 27.1. The fourth-order valence-corrected chi connectivity index (χ4v) is 4.51. The first-order chi connectivity index (χ1) is 18.9. The molecule has 19 heteroatoms. The maximum absolute atomic E-state index is 10.9. The molecule has 0 aliphatic carbocycles. The van der Waals surface area contributed by atoms with Gasteiger partial charge in [-0.25, -0.2) is 0 Å². The second-order valence-corrected chi connectivity index (χ2v) is 9.53. The van der Waals surface area contributed by atoms with Gasteiger partial charge in [-0.1, -0.05) is 13.2 Å². The van der Waals surface area contributed by atoms with E-state index in [0.29, 0.717) is 0 Å². The predicted octanol–water partition coefficient (Wildman–Crippen LogP) is -9.96. The topological polar surface area (TPSA) is 303 Å². The van der Waals surface area contributed by atoms with Gasteiger partial charge >= 0.3 is 35.7 Å². The first-order valence-corrected chi connectivity index (χ1v) is 12.3. The first kappa shape index (κ1) is 38.8. The van der Waals surface area contributed by atoms with Gasteiger partial charge in [0.05, 0.1) is 32.0 Å². The molecule has 3 saturated heterocycles. The minimum Gasteiger partial charge on any atom is -0.517 e. The Morgan fingerprint density at radius 2 is 1.46 bits per heavy atom. The van der Waals surface area contributed by atoms with Gasteiger partial charge < -0.3 is 79.9 Å². The van der Waals surface area contributed by atoms with Gasteiger partial charge in [0.2, 0.25) is 0 Å². The third-order valence-electron chi connectivity index (χ3n) is 6.91. The average molecular weight is 613 g/mol. The van der Waals surface area contributed by atoms with E-state index in [2.05, 4.69) is 0 Å². The summed E-state index contributed by atoms with van der Waals surface area (Å²) in [5.74, 6) is -0.709. The Morgan fingerprint density at radius 3 is 2.00 bits per heavy atom. The summed E-state index contributed by atoms with van der Waals surface area (Å²) >= 11 is 0. The van der Waals surface area contributed by atoms with Crippen LogP contribution in [-0.4, -0.2) is 168 Å². The van der Waals surface area contributed by atoms with Crippen molar-refractivity contribution in [3.05, 3.63) is 6.29 Å². The zero-order valence-corrected chi connectivity index (χ0v) is 24.3. The van der Waals surface area contributed by atoms with Crippen LogP contribution < -0.4 is 29.6 Å². The number of aliphatic hydroxyl groups is 11. The second-order valence-electron chi connectivity index (χ2n) is 9.53. The van der Waals surface area contributed by atoms with Crippen molar-refractivity contribution in [3.8, 4) is 0 Å². The maximum atomic E-state index is 10.9. The number of carbonyl (C=O) groups excluding carboxylic acids is 2. The van der Waals surface area contributed by atoms with Crippen molar-refractivity contribution in [2.24, 2.45) is 5.92 Å². The largest absolute Gasteiger partial charge is 1.00 e. The summed E-state index contributed by atoms with van der Waals surface area (Å²) in [6.45, 7) is -0.789. The number of aliphatic hydroxyl groups excluding tert-OH is 11. The first-order valence-electron chi connectivity index (χ1n) is 12.3. The van der Waals surface area contributed by atoms with E-state index >= 15 is 0 Å². The van der Waals surface area contributed by atoms with Gasteiger partial charge in [-0.3, -0.25) is 0 Å². The molecule has 5 unspecified atom stereocenters. The molecule has 0 bridgehead atoms.